The van der Waals surface area contributed by atoms with Gasteiger partial charge in [0.1, 0.15) is 11.7 Å². The summed E-state index contributed by atoms with van der Waals surface area (Å²) >= 11 is 0. The average Bonchev–Trinajstić information content (AvgIpc) is 2.88. The number of aromatic nitrogens is 3. The zero-order valence-electron chi connectivity index (χ0n) is 11.1. The van der Waals surface area contributed by atoms with Gasteiger partial charge in [-0.1, -0.05) is 0 Å². The monoisotopic (exact) mass is 273 g/mol. The lowest BCUT2D eigenvalue weighted by atomic mass is 10.1. The van der Waals surface area contributed by atoms with Crippen molar-refractivity contribution in [3.05, 3.63) is 29.7 Å². The van der Waals surface area contributed by atoms with E-state index in [1.165, 1.54) is 4.52 Å². The quantitative estimate of drug-likeness (QED) is 0.809. The van der Waals surface area contributed by atoms with Crippen LogP contribution in [0.25, 0.3) is 5.65 Å². The van der Waals surface area contributed by atoms with Gasteiger partial charge in [-0.2, -0.15) is 5.10 Å². The van der Waals surface area contributed by atoms with Gasteiger partial charge >= 0.3 is 0 Å². The molecule has 7 nitrogen and oxygen atoms in total. The number of hydrogen-bond acceptors (Lipinski definition) is 4. The number of carbonyl (C=O) groups is 2. The fraction of sp³-hybridized carbons (Fsp3) is 0.385. The summed E-state index contributed by atoms with van der Waals surface area (Å²) in [4.78, 5) is 28.3. The van der Waals surface area contributed by atoms with Gasteiger partial charge in [-0.25, -0.2) is 9.50 Å². The first-order chi connectivity index (χ1) is 9.65. The van der Waals surface area contributed by atoms with E-state index in [0.29, 0.717) is 24.3 Å². The van der Waals surface area contributed by atoms with Crippen LogP contribution in [0.15, 0.2) is 18.3 Å². The van der Waals surface area contributed by atoms with Crippen LogP contribution in [0.3, 0.4) is 0 Å². The van der Waals surface area contributed by atoms with E-state index < -0.39 is 6.04 Å². The van der Waals surface area contributed by atoms with Crippen LogP contribution in [-0.4, -0.2) is 39.0 Å². The summed E-state index contributed by atoms with van der Waals surface area (Å²) in [5.41, 5.74) is 1.73. The fourth-order valence-electron chi connectivity index (χ4n) is 2.34. The average molecular weight is 273 g/mol. The minimum atomic E-state index is -0.477. The van der Waals surface area contributed by atoms with Gasteiger partial charge in [-0.05, 0) is 25.8 Å². The molecule has 2 aromatic rings. The zero-order chi connectivity index (χ0) is 14.1. The standard InChI is InChI=1S/C13H15N5O2/c1-8-7-10(18-11(16-8)4-6-15-18)13(20)17-9-3-2-5-14-12(9)19/h4,6-7,9H,2-3,5H2,1H3,(H,14,19)(H,17,20)/t9-/m0/s1. The third kappa shape index (κ3) is 2.22. The molecule has 0 aliphatic carbocycles. The molecule has 0 saturated carbocycles. The summed E-state index contributed by atoms with van der Waals surface area (Å²) in [6.07, 6.45) is 3.11. The van der Waals surface area contributed by atoms with Crippen molar-refractivity contribution < 1.29 is 9.59 Å². The van der Waals surface area contributed by atoms with Crippen molar-refractivity contribution in [2.45, 2.75) is 25.8 Å². The van der Waals surface area contributed by atoms with Crippen molar-refractivity contribution in [3.63, 3.8) is 0 Å². The Balaban J connectivity index is 1.88. The minimum absolute atomic E-state index is 0.132. The molecule has 0 aromatic carbocycles. The molecule has 1 fully saturated rings. The SMILES string of the molecule is Cc1cc(C(=O)N[C@H]2CCCNC2=O)n2nccc2n1. The maximum absolute atomic E-state index is 12.3. The maximum Gasteiger partial charge on any atom is 0.270 e. The molecular weight excluding hydrogens is 258 g/mol. The van der Waals surface area contributed by atoms with Crippen LogP contribution in [0.5, 0.6) is 0 Å². The molecule has 3 rings (SSSR count). The van der Waals surface area contributed by atoms with E-state index in [9.17, 15) is 9.59 Å². The van der Waals surface area contributed by atoms with Gasteiger partial charge in [-0.3, -0.25) is 9.59 Å². The fourth-order valence-corrected chi connectivity index (χ4v) is 2.34. The third-order valence-corrected chi connectivity index (χ3v) is 3.31. The first-order valence-corrected chi connectivity index (χ1v) is 6.55. The Morgan fingerprint density at radius 3 is 3.20 bits per heavy atom. The topological polar surface area (TPSA) is 88.4 Å². The van der Waals surface area contributed by atoms with Gasteiger partial charge in [0.05, 0.1) is 6.20 Å². The number of piperidine rings is 1. The summed E-state index contributed by atoms with van der Waals surface area (Å²) < 4.78 is 1.48. The molecule has 0 radical (unpaired) electrons. The molecular formula is C13H15N5O2. The van der Waals surface area contributed by atoms with Gasteiger partial charge in [0.25, 0.3) is 5.91 Å². The molecule has 1 atom stereocenters. The van der Waals surface area contributed by atoms with Gasteiger partial charge in [0.15, 0.2) is 5.65 Å². The smallest absolute Gasteiger partial charge is 0.270 e. The van der Waals surface area contributed by atoms with Crippen molar-refractivity contribution in [2.75, 3.05) is 6.54 Å². The number of nitrogens with zero attached hydrogens (tertiary/aromatic N) is 3. The highest BCUT2D eigenvalue weighted by Crippen LogP contribution is 2.09. The van der Waals surface area contributed by atoms with Crippen molar-refractivity contribution in [1.29, 1.82) is 0 Å². The summed E-state index contributed by atoms with van der Waals surface area (Å²) in [5, 5.41) is 9.58. The lowest BCUT2D eigenvalue weighted by Gasteiger charge is -2.22. The number of amides is 2. The summed E-state index contributed by atoms with van der Waals surface area (Å²) in [7, 11) is 0. The molecule has 0 unspecified atom stereocenters. The number of hydrogen-bond donors (Lipinski definition) is 2. The normalized spacial score (nSPS) is 18.9. The van der Waals surface area contributed by atoms with Crippen LogP contribution >= 0.6 is 0 Å². The summed E-state index contributed by atoms with van der Waals surface area (Å²) in [6, 6.07) is 2.92. The van der Waals surface area contributed by atoms with E-state index >= 15 is 0 Å². The molecule has 3 heterocycles. The van der Waals surface area contributed by atoms with Gasteiger partial charge in [0.2, 0.25) is 5.91 Å². The van der Waals surface area contributed by atoms with Gasteiger partial charge in [-0.15, -0.1) is 0 Å². The molecule has 1 aliphatic heterocycles. The predicted molar refractivity (Wildman–Crippen MR) is 71.2 cm³/mol. The number of rotatable bonds is 2. The van der Waals surface area contributed by atoms with Crippen molar-refractivity contribution in [2.24, 2.45) is 0 Å². The number of nitrogens with one attached hydrogen (secondary N) is 2. The van der Waals surface area contributed by atoms with Crippen LogP contribution in [0.2, 0.25) is 0 Å². The molecule has 1 saturated heterocycles. The molecule has 2 N–H and O–H groups in total. The molecule has 1 aliphatic rings. The Hall–Kier alpha value is -2.44. The second-order valence-corrected chi connectivity index (χ2v) is 4.84. The van der Waals surface area contributed by atoms with Crippen LogP contribution in [-0.2, 0) is 4.79 Å². The van der Waals surface area contributed by atoms with Gasteiger partial charge < -0.3 is 10.6 Å². The minimum Gasteiger partial charge on any atom is -0.354 e. The largest absolute Gasteiger partial charge is 0.354 e. The molecule has 20 heavy (non-hydrogen) atoms. The Morgan fingerprint density at radius 2 is 2.40 bits per heavy atom. The van der Waals surface area contributed by atoms with Crippen molar-refractivity contribution >= 4 is 17.5 Å². The van der Waals surface area contributed by atoms with E-state index in [1.807, 2.05) is 6.92 Å². The van der Waals surface area contributed by atoms with E-state index in [2.05, 4.69) is 20.7 Å². The Kier molecular flexibility index (Phi) is 3.09. The van der Waals surface area contributed by atoms with E-state index in [1.54, 1.807) is 18.3 Å². The second kappa shape index (κ2) is 4.92. The van der Waals surface area contributed by atoms with Crippen LogP contribution in [0.4, 0.5) is 0 Å². The van der Waals surface area contributed by atoms with E-state index in [4.69, 9.17) is 0 Å². The molecule has 2 amide bonds. The number of fused-ring (bicyclic) bond motifs is 1. The van der Waals surface area contributed by atoms with Crippen LogP contribution in [0, 0.1) is 6.92 Å². The Labute approximate surface area is 115 Å². The van der Waals surface area contributed by atoms with Gasteiger partial charge in [0, 0.05) is 18.3 Å². The first-order valence-electron chi connectivity index (χ1n) is 6.55. The summed E-state index contributed by atoms with van der Waals surface area (Å²) in [6.45, 7) is 2.49. The molecule has 7 heteroatoms. The molecule has 104 valence electrons. The first kappa shape index (κ1) is 12.6. The third-order valence-electron chi connectivity index (χ3n) is 3.31. The lowest BCUT2D eigenvalue weighted by molar-refractivity contribution is -0.124. The molecule has 2 aromatic heterocycles. The highest BCUT2D eigenvalue weighted by Gasteiger charge is 2.25. The number of aryl methyl sites for hydroxylation is 1. The maximum atomic E-state index is 12.3. The van der Waals surface area contributed by atoms with Crippen molar-refractivity contribution in [1.82, 2.24) is 25.2 Å². The van der Waals surface area contributed by atoms with Crippen LogP contribution < -0.4 is 10.6 Å². The molecule has 0 bridgehead atoms. The molecule has 0 spiro atoms. The zero-order valence-corrected chi connectivity index (χ0v) is 11.1. The van der Waals surface area contributed by atoms with Crippen molar-refractivity contribution in [3.8, 4) is 0 Å². The van der Waals surface area contributed by atoms with Crippen LogP contribution in [0.1, 0.15) is 29.0 Å². The number of carbonyl (C=O) groups excluding carboxylic acids is 2. The Bertz CT molecular complexity index is 678. The Morgan fingerprint density at radius 1 is 1.55 bits per heavy atom. The highest BCUT2D eigenvalue weighted by atomic mass is 16.2. The predicted octanol–water partition coefficient (Wildman–Crippen LogP) is 0.0461. The highest BCUT2D eigenvalue weighted by molar-refractivity contribution is 5.96. The lowest BCUT2D eigenvalue weighted by Crippen LogP contribution is -2.50. The van der Waals surface area contributed by atoms with E-state index in [0.717, 1.165) is 12.1 Å². The van der Waals surface area contributed by atoms with E-state index in [-0.39, 0.29) is 11.8 Å². The second-order valence-electron chi connectivity index (χ2n) is 4.84. The summed E-state index contributed by atoms with van der Waals surface area (Å²) in [5.74, 6) is -0.446.